The SMILES string of the molecule is O=C(N/N=C/c1cc(Br)ccc1OCc1ccc(Cl)cc1Cl)c1cc2ccccc2o1. The van der Waals surface area contributed by atoms with Crippen molar-refractivity contribution < 1.29 is 13.9 Å². The number of carbonyl (C=O) groups is 1. The van der Waals surface area contributed by atoms with E-state index in [1.807, 2.05) is 36.4 Å². The number of nitrogens with one attached hydrogen (secondary N) is 1. The summed E-state index contributed by atoms with van der Waals surface area (Å²) in [5, 5.41) is 5.98. The third-order valence-corrected chi connectivity index (χ3v) is 5.47. The molecule has 0 aliphatic rings. The lowest BCUT2D eigenvalue weighted by Crippen LogP contribution is -2.16. The second-order valence-corrected chi connectivity index (χ2v) is 8.31. The lowest BCUT2D eigenvalue weighted by Gasteiger charge is -2.11. The number of amides is 1. The molecule has 5 nitrogen and oxygen atoms in total. The molecule has 1 heterocycles. The van der Waals surface area contributed by atoms with Gasteiger partial charge < -0.3 is 9.15 Å². The standard InChI is InChI=1S/C23H15BrCl2N2O3/c24-17-6-8-20(30-13-15-5-7-18(25)11-19(15)26)16(9-17)12-27-28-23(29)22-10-14-3-1-2-4-21(14)31-22/h1-12H,13H2,(H,28,29)/b27-12+. The third kappa shape index (κ3) is 5.28. The molecule has 0 spiro atoms. The predicted octanol–water partition coefficient (Wildman–Crippen LogP) is 6.85. The average molecular weight is 518 g/mol. The molecule has 0 saturated carbocycles. The van der Waals surface area contributed by atoms with Crippen molar-refractivity contribution in [2.45, 2.75) is 6.61 Å². The lowest BCUT2D eigenvalue weighted by atomic mass is 10.2. The van der Waals surface area contributed by atoms with Gasteiger partial charge in [-0.2, -0.15) is 5.10 Å². The Morgan fingerprint density at radius 3 is 2.74 bits per heavy atom. The summed E-state index contributed by atoms with van der Waals surface area (Å²) in [6.07, 6.45) is 1.50. The summed E-state index contributed by atoms with van der Waals surface area (Å²) >= 11 is 15.6. The molecule has 0 aliphatic heterocycles. The van der Waals surface area contributed by atoms with E-state index in [1.54, 1.807) is 30.3 Å². The molecule has 0 atom stereocenters. The number of halogens is 3. The van der Waals surface area contributed by atoms with E-state index in [1.165, 1.54) is 6.21 Å². The summed E-state index contributed by atoms with van der Waals surface area (Å²) in [4.78, 5) is 12.3. The highest BCUT2D eigenvalue weighted by Gasteiger charge is 2.11. The highest BCUT2D eigenvalue weighted by Crippen LogP contribution is 2.26. The normalized spacial score (nSPS) is 11.2. The van der Waals surface area contributed by atoms with Crippen LogP contribution in [0.4, 0.5) is 0 Å². The van der Waals surface area contributed by atoms with Crippen molar-refractivity contribution in [3.63, 3.8) is 0 Å². The Morgan fingerprint density at radius 2 is 1.94 bits per heavy atom. The molecule has 156 valence electrons. The lowest BCUT2D eigenvalue weighted by molar-refractivity contribution is 0.0929. The summed E-state index contributed by atoms with van der Waals surface area (Å²) in [5.74, 6) is 0.315. The van der Waals surface area contributed by atoms with Gasteiger partial charge in [0, 0.05) is 31.0 Å². The Kier molecular flexibility index (Phi) is 6.61. The second kappa shape index (κ2) is 9.56. The van der Waals surface area contributed by atoms with E-state index < -0.39 is 5.91 Å². The average Bonchev–Trinajstić information content (AvgIpc) is 3.19. The first-order valence-electron chi connectivity index (χ1n) is 9.18. The van der Waals surface area contributed by atoms with Crippen LogP contribution in [0, 0.1) is 0 Å². The van der Waals surface area contributed by atoms with Crippen molar-refractivity contribution in [1.29, 1.82) is 0 Å². The van der Waals surface area contributed by atoms with Crippen molar-refractivity contribution >= 4 is 62.2 Å². The summed E-state index contributed by atoms with van der Waals surface area (Å²) in [5.41, 5.74) is 4.59. The van der Waals surface area contributed by atoms with Gasteiger partial charge in [0.2, 0.25) is 0 Å². The smallest absolute Gasteiger partial charge is 0.307 e. The molecule has 0 bridgehead atoms. The van der Waals surface area contributed by atoms with Crippen LogP contribution < -0.4 is 10.2 Å². The van der Waals surface area contributed by atoms with Gasteiger partial charge in [0.15, 0.2) is 5.76 Å². The molecule has 1 aromatic heterocycles. The molecular weight excluding hydrogens is 503 g/mol. The van der Waals surface area contributed by atoms with Crippen molar-refractivity contribution in [3.8, 4) is 5.75 Å². The summed E-state index contributed by atoms with van der Waals surface area (Å²) < 4.78 is 12.3. The monoisotopic (exact) mass is 516 g/mol. The van der Waals surface area contributed by atoms with Crippen molar-refractivity contribution in [1.82, 2.24) is 5.43 Å². The number of benzene rings is 3. The van der Waals surface area contributed by atoms with Crippen LogP contribution in [0.2, 0.25) is 10.0 Å². The Labute approximate surface area is 196 Å². The van der Waals surface area contributed by atoms with Crippen LogP contribution in [0.3, 0.4) is 0 Å². The van der Waals surface area contributed by atoms with Crippen LogP contribution >= 0.6 is 39.1 Å². The number of rotatable bonds is 6. The van der Waals surface area contributed by atoms with E-state index in [0.29, 0.717) is 26.9 Å². The molecule has 0 fully saturated rings. The van der Waals surface area contributed by atoms with Gasteiger partial charge in [0.1, 0.15) is 17.9 Å². The number of hydrogen-bond donors (Lipinski definition) is 1. The van der Waals surface area contributed by atoms with Crippen LogP contribution in [-0.2, 0) is 6.61 Å². The fraction of sp³-hybridized carbons (Fsp3) is 0.0435. The van der Waals surface area contributed by atoms with Gasteiger partial charge in [-0.1, -0.05) is 63.4 Å². The first-order valence-corrected chi connectivity index (χ1v) is 10.7. The van der Waals surface area contributed by atoms with E-state index in [2.05, 4.69) is 26.5 Å². The van der Waals surface area contributed by atoms with E-state index in [4.69, 9.17) is 32.4 Å². The van der Waals surface area contributed by atoms with Crippen LogP contribution in [0.25, 0.3) is 11.0 Å². The molecule has 4 rings (SSSR count). The minimum Gasteiger partial charge on any atom is -0.488 e. The summed E-state index contributed by atoms with van der Waals surface area (Å²) in [6.45, 7) is 0.254. The maximum Gasteiger partial charge on any atom is 0.307 e. The van der Waals surface area contributed by atoms with Gasteiger partial charge in [-0.05, 0) is 42.5 Å². The van der Waals surface area contributed by atoms with Gasteiger partial charge >= 0.3 is 5.91 Å². The quantitative estimate of drug-likeness (QED) is 0.225. The van der Waals surface area contributed by atoms with Gasteiger partial charge in [0.05, 0.1) is 6.21 Å². The van der Waals surface area contributed by atoms with Crippen LogP contribution in [-0.4, -0.2) is 12.1 Å². The maximum atomic E-state index is 12.3. The molecule has 0 saturated heterocycles. The zero-order chi connectivity index (χ0) is 21.8. The third-order valence-electron chi connectivity index (χ3n) is 4.39. The molecule has 0 aliphatic carbocycles. The summed E-state index contributed by atoms with van der Waals surface area (Å²) in [6, 6.07) is 19.8. The van der Waals surface area contributed by atoms with Crippen molar-refractivity contribution in [3.05, 3.63) is 98.1 Å². The molecule has 31 heavy (non-hydrogen) atoms. The van der Waals surface area contributed by atoms with E-state index in [0.717, 1.165) is 15.4 Å². The zero-order valence-corrected chi connectivity index (χ0v) is 19.0. The first-order chi connectivity index (χ1) is 15.0. The van der Waals surface area contributed by atoms with Gasteiger partial charge in [-0.3, -0.25) is 4.79 Å². The minimum absolute atomic E-state index is 0.182. The van der Waals surface area contributed by atoms with Crippen LogP contribution in [0.1, 0.15) is 21.7 Å². The van der Waals surface area contributed by atoms with Crippen molar-refractivity contribution in [2.24, 2.45) is 5.10 Å². The number of nitrogens with zero attached hydrogens (tertiary/aromatic N) is 1. The molecule has 3 aromatic carbocycles. The van der Waals surface area contributed by atoms with Crippen LogP contribution in [0.15, 0.2) is 80.7 Å². The summed E-state index contributed by atoms with van der Waals surface area (Å²) in [7, 11) is 0. The fourth-order valence-electron chi connectivity index (χ4n) is 2.86. The van der Waals surface area contributed by atoms with E-state index in [-0.39, 0.29) is 12.4 Å². The van der Waals surface area contributed by atoms with Crippen LogP contribution in [0.5, 0.6) is 5.75 Å². The second-order valence-electron chi connectivity index (χ2n) is 6.55. The molecule has 1 N–H and O–H groups in total. The number of carbonyl (C=O) groups excluding carboxylic acids is 1. The Balaban J connectivity index is 1.46. The Hall–Kier alpha value is -2.80. The Bertz CT molecular complexity index is 1250. The highest BCUT2D eigenvalue weighted by molar-refractivity contribution is 9.10. The number of hydrogen-bond acceptors (Lipinski definition) is 4. The number of ether oxygens (including phenoxy) is 1. The number of para-hydroxylation sites is 1. The topological polar surface area (TPSA) is 63.8 Å². The van der Waals surface area contributed by atoms with Gasteiger partial charge in [-0.15, -0.1) is 0 Å². The largest absolute Gasteiger partial charge is 0.488 e. The minimum atomic E-state index is -0.446. The van der Waals surface area contributed by atoms with E-state index >= 15 is 0 Å². The van der Waals surface area contributed by atoms with Gasteiger partial charge in [-0.25, -0.2) is 5.43 Å². The predicted molar refractivity (Wildman–Crippen MR) is 126 cm³/mol. The van der Waals surface area contributed by atoms with Gasteiger partial charge in [0.25, 0.3) is 0 Å². The molecule has 0 unspecified atom stereocenters. The highest BCUT2D eigenvalue weighted by atomic mass is 79.9. The molecular formula is C23H15BrCl2N2O3. The molecule has 8 heteroatoms. The first kappa shape index (κ1) is 21.4. The molecule has 1 amide bonds. The molecule has 0 radical (unpaired) electrons. The number of fused-ring (bicyclic) bond motifs is 1. The van der Waals surface area contributed by atoms with Crippen molar-refractivity contribution in [2.75, 3.05) is 0 Å². The zero-order valence-electron chi connectivity index (χ0n) is 15.9. The number of hydrazone groups is 1. The number of furan rings is 1. The fourth-order valence-corrected chi connectivity index (χ4v) is 3.70. The maximum absolute atomic E-state index is 12.3. The Morgan fingerprint density at radius 1 is 1.10 bits per heavy atom. The molecule has 4 aromatic rings. The van der Waals surface area contributed by atoms with E-state index in [9.17, 15) is 4.79 Å².